The van der Waals surface area contributed by atoms with Crippen LogP contribution in [0.15, 0.2) is 12.1 Å². The Labute approximate surface area is 141 Å². The third kappa shape index (κ3) is 2.99. The summed E-state index contributed by atoms with van der Waals surface area (Å²) in [4.78, 5) is 21.1. The zero-order valence-corrected chi connectivity index (χ0v) is 14.7. The summed E-state index contributed by atoms with van der Waals surface area (Å²) < 4.78 is 11.6. The summed E-state index contributed by atoms with van der Waals surface area (Å²) in [5.41, 5.74) is 1.49. The van der Waals surface area contributed by atoms with E-state index < -0.39 is 0 Å². The summed E-state index contributed by atoms with van der Waals surface area (Å²) in [5.74, 6) is 1.39. The fourth-order valence-corrected chi connectivity index (χ4v) is 4.01. The molecule has 0 saturated heterocycles. The van der Waals surface area contributed by atoms with Crippen molar-refractivity contribution < 1.29 is 14.3 Å². The molecule has 3 aromatic rings. The van der Waals surface area contributed by atoms with Gasteiger partial charge in [0.2, 0.25) is 0 Å². The molecule has 120 valence electrons. The molecule has 0 amide bonds. The molecule has 0 atom stereocenters. The number of anilines is 2. The van der Waals surface area contributed by atoms with Crippen molar-refractivity contribution in [3.05, 3.63) is 22.7 Å². The third-order valence-corrected chi connectivity index (χ3v) is 5.31. The maximum atomic E-state index is 11.5. The van der Waals surface area contributed by atoms with Gasteiger partial charge in [-0.05, 0) is 13.0 Å². The number of ketones is 1. The Hall–Kier alpha value is -2.19. The summed E-state index contributed by atoms with van der Waals surface area (Å²) in [5, 5.41) is 4.51. The first kappa shape index (κ1) is 15.7. The van der Waals surface area contributed by atoms with Gasteiger partial charge in [0.15, 0.2) is 16.0 Å². The van der Waals surface area contributed by atoms with Crippen LogP contribution in [-0.4, -0.2) is 30.0 Å². The number of nitrogens with zero attached hydrogens (tertiary/aromatic N) is 2. The number of ether oxygens (including phenoxy) is 2. The summed E-state index contributed by atoms with van der Waals surface area (Å²) >= 11 is 2.80. The number of hydrogen-bond donors (Lipinski definition) is 1. The summed E-state index contributed by atoms with van der Waals surface area (Å²) in [6.07, 6.45) is 0. The van der Waals surface area contributed by atoms with Crippen molar-refractivity contribution in [1.29, 1.82) is 0 Å². The van der Waals surface area contributed by atoms with Crippen LogP contribution in [0, 0.1) is 6.92 Å². The predicted octanol–water partition coefficient (Wildman–Crippen LogP) is 4.02. The Morgan fingerprint density at radius 2 is 1.87 bits per heavy atom. The zero-order valence-electron chi connectivity index (χ0n) is 13.1. The standard InChI is InChI=1S/C15H15N3O3S2/c1-7-13(8(2)19)23-14(16-7)18-15-17-12-10(21-4)5-9(20-3)6-11(12)22-15/h5-6H,1-4H3,(H,16,17,18). The minimum absolute atomic E-state index is 0.0174. The first-order chi connectivity index (χ1) is 11.0. The molecule has 0 saturated carbocycles. The first-order valence-electron chi connectivity index (χ1n) is 6.79. The number of aromatic nitrogens is 2. The van der Waals surface area contributed by atoms with Crippen molar-refractivity contribution in [2.24, 2.45) is 0 Å². The second-order valence-corrected chi connectivity index (χ2v) is 6.84. The van der Waals surface area contributed by atoms with Gasteiger partial charge in [-0.3, -0.25) is 4.79 Å². The second-order valence-electron chi connectivity index (χ2n) is 4.81. The van der Waals surface area contributed by atoms with Crippen molar-refractivity contribution in [2.75, 3.05) is 19.5 Å². The minimum Gasteiger partial charge on any atom is -0.497 e. The highest BCUT2D eigenvalue weighted by atomic mass is 32.1. The van der Waals surface area contributed by atoms with Gasteiger partial charge in [0, 0.05) is 13.0 Å². The molecule has 2 aromatic heterocycles. The van der Waals surface area contributed by atoms with Crippen molar-refractivity contribution in [2.45, 2.75) is 13.8 Å². The molecular formula is C15H15N3O3S2. The van der Waals surface area contributed by atoms with Crippen LogP contribution < -0.4 is 14.8 Å². The lowest BCUT2D eigenvalue weighted by Crippen LogP contribution is -1.90. The van der Waals surface area contributed by atoms with E-state index in [4.69, 9.17) is 9.47 Å². The molecule has 1 N–H and O–H groups in total. The molecule has 1 aromatic carbocycles. The normalized spacial score (nSPS) is 10.8. The average molecular weight is 349 g/mol. The van der Waals surface area contributed by atoms with E-state index in [1.165, 1.54) is 22.7 Å². The van der Waals surface area contributed by atoms with Crippen molar-refractivity contribution >= 4 is 48.9 Å². The second kappa shape index (κ2) is 6.13. The van der Waals surface area contributed by atoms with Crippen LogP contribution >= 0.6 is 22.7 Å². The molecule has 2 heterocycles. The van der Waals surface area contributed by atoms with Gasteiger partial charge in [-0.25, -0.2) is 9.97 Å². The van der Waals surface area contributed by atoms with Gasteiger partial charge in [0.1, 0.15) is 17.0 Å². The fourth-order valence-electron chi connectivity index (χ4n) is 2.17. The highest BCUT2D eigenvalue weighted by Crippen LogP contribution is 2.37. The van der Waals surface area contributed by atoms with Crippen LogP contribution in [0.25, 0.3) is 10.2 Å². The lowest BCUT2D eigenvalue weighted by atomic mass is 10.3. The number of hydrogen-bond acceptors (Lipinski definition) is 8. The molecule has 0 aliphatic heterocycles. The molecule has 0 aliphatic rings. The Balaban J connectivity index is 1.97. The van der Waals surface area contributed by atoms with E-state index in [0.29, 0.717) is 26.6 Å². The third-order valence-electron chi connectivity index (χ3n) is 3.22. The van der Waals surface area contributed by atoms with Gasteiger partial charge in [0.05, 0.1) is 29.5 Å². The number of methoxy groups -OCH3 is 2. The first-order valence-corrected chi connectivity index (χ1v) is 8.43. The maximum absolute atomic E-state index is 11.5. The fraction of sp³-hybridized carbons (Fsp3) is 0.267. The van der Waals surface area contributed by atoms with E-state index in [1.54, 1.807) is 27.2 Å². The lowest BCUT2D eigenvalue weighted by molar-refractivity contribution is 0.102. The van der Waals surface area contributed by atoms with Crippen LogP contribution in [0.1, 0.15) is 22.3 Å². The molecule has 0 spiro atoms. The number of aryl methyl sites for hydroxylation is 1. The summed E-state index contributed by atoms with van der Waals surface area (Å²) in [6.45, 7) is 3.36. The van der Waals surface area contributed by atoms with Crippen molar-refractivity contribution in [3.8, 4) is 11.5 Å². The van der Waals surface area contributed by atoms with Crippen LogP contribution in [0.2, 0.25) is 0 Å². The van der Waals surface area contributed by atoms with Gasteiger partial charge in [-0.1, -0.05) is 22.7 Å². The van der Waals surface area contributed by atoms with E-state index in [-0.39, 0.29) is 5.78 Å². The van der Waals surface area contributed by atoms with Crippen LogP contribution in [0.5, 0.6) is 11.5 Å². The van der Waals surface area contributed by atoms with Gasteiger partial charge < -0.3 is 14.8 Å². The van der Waals surface area contributed by atoms with E-state index in [9.17, 15) is 4.79 Å². The Morgan fingerprint density at radius 1 is 1.13 bits per heavy atom. The van der Waals surface area contributed by atoms with E-state index >= 15 is 0 Å². The van der Waals surface area contributed by atoms with E-state index in [1.807, 2.05) is 13.0 Å². The molecule has 23 heavy (non-hydrogen) atoms. The molecule has 0 radical (unpaired) electrons. The zero-order chi connectivity index (χ0) is 16.6. The molecule has 0 unspecified atom stereocenters. The number of rotatable bonds is 5. The van der Waals surface area contributed by atoms with Gasteiger partial charge in [0.25, 0.3) is 0 Å². The largest absolute Gasteiger partial charge is 0.497 e. The molecule has 0 aliphatic carbocycles. The Bertz CT molecular complexity index is 886. The molecular weight excluding hydrogens is 334 g/mol. The lowest BCUT2D eigenvalue weighted by Gasteiger charge is -2.03. The SMILES string of the molecule is COc1cc(OC)c2nc(Nc3nc(C)c(C(C)=O)s3)sc2c1. The number of carbonyl (C=O) groups excluding carboxylic acids is 1. The van der Waals surface area contributed by atoms with E-state index in [0.717, 1.165) is 15.9 Å². The molecule has 0 bridgehead atoms. The summed E-state index contributed by atoms with van der Waals surface area (Å²) in [7, 11) is 3.21. The van der Waals surface area contributed by atoms with Crippen LogP contribution in [0.3, 0.4) is 0 Å². The Kier molecular flexibility index (Phi) is 4.18. The highest BCUT2D eigenvalue weighted by molar-refractivity contribution is 7.23. The number of fused-ring (bicyclic) bond motifs is 1. The number of nitrogens with one attached hydrogen (secondary N) is 1. The van der Waals surface area contributed by atoms with Gasteiger partial charge in [-0.2, -0.15) is 0 Å². The molecule has 6 nitrogen and oxygen atoms in total. The van der Waals surface area contributed by atoms with Crippen LogP contribution in [0.4, 0.5) is 10.3 Å². The number of carbonyl (C=O) groups is 1. The summed E-state index contributed by atoms with van der Waals surface area (Å²) in [6, 6.07) is 3.71. The average Bonchev–Trinajstić information content (AvgIpc) is 3.09. The topological polar surface area (TPSA) is 73.3 Å². The highest BCUT2D eigenvalue weighted by Gasteiger charge is 2.15. The molecule has 3 rings (SSSR count). The van der Waals surface area contributed by atoms with Crippen molar-refractivity contribution in [1.82, 2.24) is 9.97 Å². The number of thiazole rings is 2. The van der Waals surface area contributed by atoms with Gasteiger partial charge in [-0.15, -0.1) is 0 Å². The quantitative estimate of drug-likeness (QED) is 0.701. The monoisotopic (exact) mass is 349 g/mol. The predicted molar refractivity (Wildman–Crippen MR) is 92.9 cm³/mol. The number of benzene rings is 1. The smallest absolute Gasteiger partial charge is 0.190 e. The molecule has 0 fully saturated rings. The maximum Gasteiger partial charge on any atom is 0.190 e. The minimum atomic E-state index is 0.0174. The van der Waals surface area contributed by atoms with Crippen molar-refractivity contribution in [3.63, 3.8) is 0 Å². The number of Topliss-reactive ketones (excluding diaryl/α,β-unsaturated/α-hetero) is 1. The molecule has 8 heteroatoms. The van der Waals surface area contributed by atoms with E-state index in [2.05, 4.69) is 15.3 Å². The van der Waals surface area contributed by atoms with Gasteiger partial charge >= 0.3 is 0 Å². The van der Waals surface area contributed by atoms with Crippen LogP contribution in [-0.2, 0) is 0 Å². The Morgan fingerprint density at radius 3 is 2.48 bits per heavy atom.